The molecule has 1 heterocycles. The van der Waals surface area contributed by atoms with E-state index in [1.54, 1.807) is 6.07 Å². The third-order valence-electron chi connectivity index (χ3n) is 3.34. The van der Waals surface area contributed by atoms with Gasteiger partial charge < -0.3 is 5.32 Å². The van der Waals surface area contributed by atoms with E-state index in [1.165, 1.54) is 22.7 Å². The van der Waals surface area contributed by atoms with Gasteiger partial charge >= 0.3 is 0 Å². The van der Waals surface area contributed by atoms with Crippen LogP contribution in [0.2, 0.25) is 0 Å². The van der Waals surface area contributed by atoms with Gasteiger partial charge in [0.2, 0.25) is 10.0 Å². The van der Waals surface area contributed by atoms with Crippen LogP contribution >= 0.6 is 0 Å². The molecule has 20 heavy (non-hydrogen) atoms. The average Bonchev–Trinajstić information content (AvgIpc) is 2.38. The van der Waals surface area contributed by atoms with E-state index in [-0.39, 0.29) is 11.6 Å². The van der Waals surface area contributed by atoms with Gasteiger partial charge in [-0.3, -0.25) is 0 Å². The minimum Gasteiger partial charge on any atom is -0.380 e. The monoisotopic (exact) mass is 297 g/mol. The molecule has 7 heteroatoms. The van der Waals surface area contributed by atoms with Gasteiger partial charge in [-0.05, 0) is 25.0 Å². The third-order valence-corrected chi connectivity index (χ3v) is 4.61. The van der Waals surface area contributed by atoms with Crippen LogP contribution in [0.1, 0.15) is 18.4 Å². The smallest absolute Gasteiger partial charge is 0.211 e. The first-order valence-corrected chi connectivity index (χ1v) is 8.17. The van der Waals surface area contributed by atoms with Gasteiger partial charge in [-0.15, -0.1) is 0 Å². The summed E-state index contributed by atoms with van der Waals surface area (Å²) < 4.78 is 38.0. The molecule has 0 bridgehead atoms. The van der Waals surface area contributed by atoms with Gasteiger partial charge in [-0.1, -0.05) is 6.07 Å². The molecule has 5 nitrogen and oxygen atoms in total. The van der Waals surface area contributed by atoms with Gasteiger partial charge in [0.05, 0.1) is 11.9 Å². The van der Waals surface area contributed by atoms with Crippen LogP contribution in [0.15, 0.2) is 18.2 Å². The summed E-state index contributed by atoms with van der Waals surface area (Å²) in [6, 6.07) is 6.09. The number of nitrogens with one attached hydrogen (secondary N) is 1. The second-order valence-corrected chi connectivity index (χ2v) is 6.86. The molecule has 2 rings (SSSR count). The lowest BCUT2D eigenvalue weighted by atomic mass is 10.1. The Labute approximate surface area is 118 Å². The Morgan fingerprint density at radius 1 is 1.50 bits per heavy atom. The fraction of sp³-hybridized carbons (Fsp3) is 0.462. The number of sulfonamides is 1. The number of nitriles is 1. The number of rotatable bonds is 3. The molecule has 1 aromatic carbocycles. The first kappa shape index (κ1) is 14.8. The van der Waals surface area contributed by atoms with Gasteiger partial charge in [0.15, 0.2) is 0 Å². The lowest BCUT2D eigenvalue weighted by Crippen LogP contribution is -2.44. The van der Waals surface area contributed by atoms with Gasteiger partial charge in [0.1, 0.15) is 17.4 Å². The molecule has 1 aromatic rings. The van der Waals surface area contributed by atoms with Crippen molar-refractivity contribution in [3.8, 4) is 6.07 Å². The number of hydrogen-bond acceptors (Lipinski definition) is 4. The van der Waals surface area contributed by atoms with E-state index in [2.05, 4.69) is 5.32 Å². The van der Waals surface area contributed by atoms with Crippen LogP contribution < -0.4 is 5.32 Å². The highest BCUT2D eigenvalue weighted by Crippen LogP contribution is 2.22. The molecule has 1 aliphatic heterocycles. The van der Waals surface area contributed by atoms with Crippen molar-refractivity contribution in [2.75, 3.05) is 24.7 Å². The molecule has 0 aliphatic carbocycles. The van der Waals surface area contributed by atoms with Crippen LogP contribution in [0, 0.1) is 17.1 Å². The second kappa shape index (κ2) is 5.77. The number of benzene rings is 1. The summed E-state index contributed by atoms with van der Waals surface area (Å²) >= 11 is 0. The Hall–Kier alpha value is -1.65. The third kappa shape index (κ3) is 3.26. The average molecular weight is 297 g/mol. The number of anilines is 1. The Kier molecular flexibility index (Phi) is 4.26. The Balaban J connectivity index is 2.15. The molecule has 0 spiro atoms. The molecule has 108 valence electrons. The molecular formula is C13H16FN3O2S. The molecule has 0 unspecified atom stereocenters. The lowest BCUT2D eigenvalue weighted by Gasteiger charge is -2.32. The summed E-state index contributed by atoms with van der Waals surface area (Å²) in [5.74, 6) is -0.576. The highest BCUT2D eigenvalue weighted by molar-refractivity contribution is 7.88. The first-order chi connectivity index (χ1) is 9.41. The Morgan fingerprint density at radius 2 is 2.25 bits per heavy atom. The standard InChI is InChI=1S/C13H16FN3O2S/c1-20(18,19)17-7-3-4-10(9-17)16-13-6-2-5-12(14)11(13)8-15/h2,5-6,10,16H,3-4,7,9H2,1H3/t10-/m0/s1. The molecule has 0 amide bonds. The van der Waals surface area contributed by atoms with Gasteiger partial charge in [-0.25, -0.2) is 17.1 Å². The van der Waals surface area contributed by atoms with E-state index in [0.717, 1.165) is 12.8 Å². The SMILES string of the molecule is CS(=O)(=O)N1CCC[C@H](Nc2cccc(F)c2C#N)C1. The van der Waals surface area contributed by atoms with Crippen LogP contribution in [0.5, 0.6) is 0 Å². The molecule has 1 N–H and O–H groups in total. The van der Waals surface area contributed by atoms with E-state index in [1.807, 2.05) is 6.07 Å². The predicted molar refractivity (Wildman–Crippen MR) is 74.2 cm³/mol. The zero-order valence-electron chi connectivity index (χ0n) is 11.1. The molecule has 0 radical (unpaired) electrons. The molecule has 1 atom stereocenters. The maximum atomic E-state index is 13.5. The Bertz CT molecular complexity index is 640. The zero-order chi connectivity index (χ0) is 14.8. The summed E-state index contributed by atoms with van der Waals surface area (Å²) in [6.45, 7) is 0.839. The van der Waals surface area contributed by atoms with Crippen molar-refractivity contribution < 1.29 is 12.8 Å². The highest BCUT2D eigenvalue weighted by Gasteiger charge is 2.26. The first-order valence-electron chi connectivity index (χ1n) is 6.32. The van der Waals surface area contributed by atoms with Crippen LogP contribution in [-0.2, 0) is 10.0 Å². The molecule has 1 fully saturated rings. The quantitative estimate of drug-likeness (QED) is 0.918. The van der Waals surface area contributed by atoms with Gasteiger partial charge in [0.25, 0.3) is 0 Å². The van der Waals surface area contributed by atoms with E-state index in [4.69, 9.17) is 5.26 Å². The fourth-order valence-corrected chi connectivity index (χ4v) is 3.25. The number of nitrogens with zero attached hydrogens (tertiary/aromatic N) is 2. The molecular weight excluding hydrogens is 281 g/mol. The second-order valence-electron chi connectivity index (χ2n) is 4.88. The summed E-state index contributed by atoms with van der Waals surface area (Å²) in [5, 5.41) is 12.0. The van der Waals surface area contributed by atoms with E-state index in [9.17, 15) is 12.8 Å². The van der Waals surface area contributed by atoms with E-state index < -0.39 is 15.8 Å². The Morgan fingerprint density at radius 3 is 2.90 bits per heavy atom. The number of hydrogen-bond donors (Lipinski definition) is 1. The summed E-state index contributed by atoms with van der Waals surface area (Å²) in [6.07, 6.45) is 2.70. The summed E-state index contributed by atoms with van der Waals surface area (Å²) in [4.78, 5) is 0. The van der Waals surface area contributed by atoms with Crippen LogP contribution in [0.3, 0.4) is 0 Å². The highest BCUT2D eigenvalue weighted by atomic mass is 32.2. The van der Waals surface area contributed by atoms with Crippen molar-refractivity contribution in [1.29, 1.82) is 5.26 Å². The van der Waals surface area contributed by atoms with Gasteiger partial charge in [0, 0.05) is 19.1 Å². The largest absolute Gasteiger partial charge is 0.380 e. The number of halogens is 1. The number of piperidine rings is 1. The van der Waals surface area contributed by atoms with Crippen LogP contribution in [-0.4, -0.2) is 38.1 Å². The fourth-order valence-electron chi connectivity index (χ4n) is 2.34. The molecule has 0 saturated carbocycles. The summed E-state index contributed by atoms with van der Waals surface area (Å²) in [7, 11) is -3.22. The maximum Gasteiger partial charge on any atom is 0.211 e. The van der Waals surface area contributed by atoms with Crippen LogP contribution in [0.25, 0.3) is 0 Å². The van der Waals surface area contributed by atoms with Crippen LogP contribution in [0.4, 0.5) is 10.1 Å². The summed E-state index contributed by atoms with van der Waals surface area (Å²) in [5.41, 5.74) is 0.372. The van der Waals surface area contributed by atoms with Crippen molar-refractivity contribution in [3.63, 3.8) is 0 Å². The molecule has 1 aliphatic rings. The molecule has 1 saturated heterocycles. The van der Waals surface area contributed by atoms with Gasteiger partial charge in [-0.2, -0.15) is 5.26 Å². The van der Waals surface area contributed by atoms with Crippen molar-refractivity contribution in [2.45, 2.75) is 18.9 Å². The van der Waals surface area contributed by atoms with Crippen molar-refractivity contribution >= 4 is 15.7 Å². The maximum absolute atomic E-state index is 13.5. The predicted octanol–water partition coefficient (Wildman–Crippen LogP) is 1.53. The topological polar surface area (TPSA) is 73.2 Å². The van der Waals surface area contributed by atoms with Crippen molar-refractivity contribution in [1.82, 2.24) is 4.31 Å². The van der Waals surface area contributed by atoms with Crippen molar-refractivity contribution in [2.24, 2.45) is 0 Å². The minimum absolute atomic E-state index is 0.0380. The minimum atomic E-state index is -3.22. The zero-order valence-corrected chi connectivity index (χ0v) is 12.0. The van der Waals surface area contributed by atoms with E-state index >= 15 is 0 Å². The van der Waals surface area contributed by atoms with E-state index in [0.29, 0.717) is 18.8 Å². The lowest BCUT2D eigenvalue weighted by molar-refractivity contribution is 0.329. The van der Waals surface area contributed by atoms with Crippen molar-refractivity contribution in [3.05, 3.63) is 29.6 Å². The normalized spacial score (nSPS) is 20.4. The molecule has 0 aromatic heterocycles.